The van der Waals surface area contributed by atoms with Crippen LogP contribution in [0.1, 0.15) is 46.8 Å². The molecule has 5 nitrogen and oxygen atoms in total. The number of carbonyl (C=O) groups excluding carboxylic acids is 1. The van der Waals surface area contributed by atoms with Crippen LogP contribution in [0.4, 0.5) is 0 Å². The second-order valence-corrected chi connectivity index (χ2v) is 5.05. The van der Waals surface area contributed by atoms with Crippen LogP contribution in [0.5, 0.6) is 0 Å². The van der Waals surface area contributed by atoms with Crippen molar-refractivity contribution in [3.8, 4) is 0 Å². The highest BCUT2D eigenvalue weighted by Crippen LogP contribution is 2.35. The van der Waals surface area contributed by atoms with E-state index in [1.807, 2.05) is 13.8 Å². The van der Waals surface area contributed by atoms with E-state index in [2.05, 4.69) is 5.10 Å². The lowest BCUT2D eigenvalue weighted by Crippen LogP contribution is -2.28. The van der Waals surface area contributed by atoms with E-state index < -0.39 is 5.97 Å². The van der Waals surface area contributed by atoms with Crippen molar-refractivity contribution in [1.82, 2.24) is 9.78 Å². The fourth-order valence-corrected chi connectivity index (χ4v) is 2.32. The summed E-state index contributed by atoms with van der Waals surface area (Å²) < 4.78 is 1.39. The molecule has 0 aliphatic heterocycles. The van der Waals surface area contributed by atoms with Crippen molar-refractivity contribution in [1.29, 1.82) is 0 Å². The van der Waals surface area contributed by atoms with E-state index in [0.717, 1.165) is 0 Å². The molecule has 0 aromatic carbocycles. The van der Waals surface area contributed by atoms with Crippen LogP contribution < -0.4 is 0 Å². The second-order valence-electron chi connectivity index (χ2n) is 5.05. The molecule has 5 heteroatoms. The number of rotatable bonds is 1. The summed E-state index contributed by atoms with van der Waals surface area (Å²) in [5.74, 6) is -1.09. The molecule has 0 fully saturated rings. The van der Waals surface area contributed by atoms with Gasteiger partial charge in [-0.05, 0) is 11.8 Å². The normalized spacial score (nSPS) is 18.3. The van der Waals surface area contributed by atoms with Crippen LogP contribution in [0.25, 0.3) is 0 Å². The van der Waals surface area contributed by atoms with Gasteiger partial charge in [0.2, 0.25) is 0 Å². The number of hydrogen-bond acceptors (Lipinski definition) is 3. The minimum absolute atomic E-state index is 0.0126. The first-order valence-corrected chi connectivity index (χ1v) is 5.14. The minimum atomic E-state index is -1.07. The summed E-state index contributed by atoms with van der Waals surface area (Å²) >= 11 is 0. The van der Waals surface area contributed by atoms with E-state index in [0.29, 0.717) is 24.1 Å². The lowest BCUT2D eigenvalue weighted by molar-refractivity contribution is 0.0688. The van der Waals surface area contributed by atoms with Crippen molar-refractivity contribution in [3.05, 3.63) is 17.0 Å². The van der Waals surface area contributed by atoms with Crippen LogP contribution in [0, 0.1) is 5.41 Å². The summed E-state index contributed by atoms with van der Waals surface area (Å²) in [4.78, 5) is 22.9. The number of Topliss-reactive ketones (excluding diaryl/α,β-unsaturated/α-hetero) is 1. The van der Waals surface area contributed by atoms with Crippen molar-refractivity contribution < 1.29 is 14.7 Å². The van der Waals surface area contributed by atoms with Gasteiger partial charge in [-0.2, -0.15) is 5.10 Å². The van der Waals surface area contributed by atoms with Crippen LogP contribution in [0.2, 0.25) is 0 Å². The smallest absolute Gasteiger partial charge is 0.356 e. The van der Waals surface area contributed by atoms with E-state index in [-0.39, 0.29) is 16.9 Å². The van der Waals surface area contributed by atoms with Crippen LogP contribution >= 0.6 is 0 Å². The summed E-state index contributed by atoms with van der Waals surface area (Å²) in [6, 6.07) is 0. The second kappa shape index (κ2) is 3.17. The first kappa shape index (κ1) is 10.9. The molecule has 0 unspecified atom stereocenters. The number of hydrogen-bond donors (Lipinski definition) is 1. The number of fused-ring (bicyclic) bond motifs is 1. The average Bonchev–Trinajstić information content (AvgIpc) is 2.40. The molecule has 1 aromatic heterocycles. The molecule has 0 saturated carbocycles. The Morgan fingerprint density at radius 2 is 2.06 bits per heavy atom. The molecule has 2 rings (SSSR count). The topological polar surface area (TPSA) is 72.2 Å². The van der Waals surface area contributed by atoms with Gasteiger partial charge in [0.1, 0.15) is 5.69 Å². The van der Waals surface area contributed by atoms with Gasteiger partial charge >= 0.3 is 5.97 Å². The zero-order valence-corrected chi connectivity index (χ0v) is 9.57. The molecule has 1 N–H and O–H groups in total. The molecule has 1 aliphatic rings. The number of carboxylic acids is 1. The van der Waals surface area contributed by atoms with E-state index in [1.54, 1.807) is 7.05 Å². The summed E-state index contributed by atoms with van der Waals surface area (Å²) in [6.45, 7) is 3.93. The molecule has 0 radical (unpaired) electrons. The molecular weight excluding hydrogens is 208 g/mol. The van der Waals surface area contributed by atoms with Crippen molar-refractivity contribution in [3.63, 3.8) is 0 Å². The molecular formula is C11H14N2O3. The molecule has 86 valence electrons. The predicted octanol–water partition coefficient (Wildman–Crippen LogP) is 1.27. The van der Waals surface area contributed by atoms with Gasteiger partial charge in [0.25, 0.3) is 0 Å². The van der Waals surface area contributed by atoms with E-state index >= 15 is 0 Å². The van der Waals surface area contributed by atoms with Crippen molar-refractivity contribution in [2.75, 3.05) is 0 Å². The highest BCUT2D eigenvalue weighted by Gasteiger charge is 2.37. The standard InChI is InChI=1S/C11H14N2O3/c1-11(2)4-6-8(10(15)16)12-13(3)9(6)7(14)5-11/h4-5H2,1-3H3,(H,15,16). The van der Waals surface area contributed by atoms with Gasteiger partial charge in [-0.15, -0.1) is 0 Å². The van der Waals surface area contributed by atoms with Crippen LogP contribution in [-0.4, -0.2) is 26.6 Å². The van der Waals surface area contributed by atoms with E-state index in [4.69, 9.17) is 5.11 Å². The number of carbonyl (C=O) groups is 2. The zero-order valence-electron chi connectivity index (χ0n) is 9.57. The zero-order chi connectivity index (χ0) is 12.1. The van der Waals surface area contributed by atoms with Gasteiger partial charge in [0, 0.05) is 19.0 Å². The number of ketones is 1. The van der Waals surface area contributed by atoms with Gasteiger partial charge in [0.15, 0.2) is 11.5 Å². The van der Waals surface area contributed by atoms with Gasteiger partial charge in [-0.1, -0.05) is 13.8 Å². The maximum atomic E-state index is 11.9. The van der Waals surface area contributed by atoms with Gasteiger partial charge in [-0.25, -0.2) is 4.79 Å². The highest BCUT2D eigenvalue weighted by atomic mass is 16.4. The third kappa shape index (κ3) is 1.52. The Morgan fingerprint density at radius 1 is 1.44 bits per heavy atom. The Bertz CT molecular complexity index is 486. The average molecular weight is 222 g/mol. The predicted molar refractivity (Wildman–Crippen MR) is 56.6 cm³/mol. The lowest BCUT2D eigenvalue weighted by Gasteiger charge is -2.28. The Morgan fingerprint density at radius 3 is 2.62 bits per heavy atom. The van der Waals surface area contributed by atoms with E-state index in [9.17, 15) is 9.59 Å². The molecule has 16 heavy (non-hydrogen) atoms. The fourth-order valence-electron chi connectivity index (χ4n) is 2.32. The molecule has 0 spiro atoms. The van der Waals surface area contributed by atoms with Gasteiger partial charge in [0.05, 0.1) is 0 Å². The maximum absolute atomic E-state index is 11.9. The molecule has 0 atom stereocenters. The largest absolute Gasteiger partial charge is 0.476 e. The number of aromatic carboxylic acids is 1. The van der Waals surface area contributed by atoms with E-state index in [1.165, 1.54) is 4.68 Å². The number of aryl methyl sites for hydroxylation is 1. The third-order valence-electron chi connectivity index (χ3n) is 2.91. The monoisotopic (exact) mass is 222 g/mol. The molecule has 0 amide bonds. The SMILES string of the molecule is Cn1nc(C(=O)O)c2c1C(=O)CC(C)(C)C2. The fraction of sp³-hybridized carbons (Fsp3) is 0.545. The van der Waals surface area contributed by atoms with Crippen LogP contribution in [0.3, 0.4) is 0 Å². The molecule has 1 aliphatic carbocycles. The molecule has 0 saturated heterocycles. The first-order valence-electron chi connectivity index (χ1n) is 5.14. The lowest BCUT2D eigenvalue weighted by atomic mass is 9.75. The summed E-state index contributed by atoms with van der Waals surface area (Å²) in [7, 11) is 1.61. The van der Waals surface area contributed by atoms with Gasteiger partial charge in [-0.3, -0.25) is 9.48 Å². The third-order valence-corrected chi connectivity index (χ3v) is 2.91. The van der Waals surface area contributed by atoms with Crippen molar-refractivity contribution in [2.24, 2.45) is 12.5 Å². The first-order chi connectivity index (χ1) is 7.32. The quantitative estimate of drug-likeness (QED) is 0.776. The summed E-state index contributed by atoms with van der Waals surface area (Å²) in [5.41, 5.74) is 0.865. The summed E-state index contributed by atoms with van der Waals surface area (Å²) in [5, 5.41) is 12.9. The van der Waals surface area contributed by atoms with Gasteiger partial charge < -0.3 is 5.11 Å². The van der Waals surface area contributed by atoms with Crippen molar-refractivity contribution >= 4 is 11.8 Å². The molecule has 0 bridgehead atoms. The Labute approximate surface area is 93.1 Å². The Balaban J connectivity index is 2.63. The van der Waals surface area contributed by atoms with Crippen LogP contribution in [-0.2, 0) is 13.5 Å². The highest BCUT2D eigenvalue weighted by molar-refractivity contribution is 6.00. The van der Waals surface area contributed by atoms with Crippen LogP contribution in [0.15, 0.2) is 0 Å². The summed E-state index contributed by atoms with van der Waals surface area (Å²) in [6.07, 6.45) is 1.03. The Kier molecular flexibility index (Phi) is 2.15. The van der Waals surface area contributed by atoms with Crippen molar-refractivity contribution in [2.45, 2.75) is 26.7 Å². The molecule has 1 heterocycles. The molecule has 1 aromatic rings. The minimum Gasteiger partial charge on any atom is -0.476 e. The number of nitrogens with zero attached hydrogens (tertiary/aromatic N) is 2. The Hall–Kier alpha value is -1.65. The number of carboxylic acid groups (broad SMARTS) is 1. The maximum Gasteiger partial charge on any atom is 0.356 e. The number of aromatic nitrogens is 2.